The fraction of sp³-hybridized carbons (Fsp3) is 0.268. The predicted octanol–water partition coefficient (Wildman–Crippen LogP) is 11.4. The van der Waals surface area contributed by atoms with Crippen molar-refractivity contribution in [2.75, 3.05) is 22.9 Å². The van der Waals surface area contributed by atoms with Crippen LogP contribution >= 0.6 is 0 Å². The van der Waals surface area contributed by atoms with Crippen molar-refractivity contribution in [3.8, 4) is 0 Å². The van der Waals surface area contributed by atoms with Gasteiger partial charge in [0.1, 0.15) is 0 Å². The molecule has 0 bridgehead atoms. The van der Waals surface area contributed by atoms with Gasteiger partial charge in [-0.15, -0.1) is 6.58 Å². The second-order valence-electron chi connectivity index (χ2n) is 13.6. The standard InChI is InChI=1S/C38H36N2.C3H6/c1-37(2)21-23-39(33-11-7-5-9-29(33)37)31-19-15-25-14-18-28-32(20-16-26-13-17-27(31)35(25)36(26)28)40-24-22-38(3,4)30-10-6-8-12-34(30)40;1-3-2/h5-20H,21-24H2,1-4H3;3H,1H2,2H3. The topological polar surface area (TPSA) is 6.48 Å². The summed E-state index contributed by atoms with van der Waals surface area (Å²) < 4.78 is 0. The summed E-state index contributed by atoms with van der Waals surface area (Å²) in [5, 5.41) is 8.12. The molecule has 0 N–H and O–H groups in total. The van der Waals surface area contributed by atoms with Crippen LogP contribution in [-0.2, 0) is 10.8 Å². The molecule has 6 aromatic carbocycles. The van der Waals surface area contributed by atoms with Gasteiger partial charge in [0, 0.05) is 46.6 Å². The van der Waals surface area contributed by atoms with Crippen molar-refractivity contribution in [1.29, 1.82) is 0 Å². The van der Waals surface area contributed by atoms with E-state index in [9.17, 15) is 0 Å². The van der Waals surface area contributed by atoms with Crippen LogP contribution in [0.25, 0.3) is 32.3 Å². The van der Waals surface area contributed by atoms with Gasteiger partial charge in [0.15, 0.2) is 0 Å². The molecule has 0 aliphatic carbocycles. The molecule has 0 atom stereocenters. The summed E-state index contributed by atoms with van der Waals surface area (Å²) in [4.78, 5) is 5.13. The van der Waals surface area contributed by atoms with Gasteiger partial charge in [-0.05, 0) is 87.5 Å². The highest BCUT2D eigenvalue weighted by Gasteiger charge is 2.34. The number of hydrogen-bond donors (Lipinski definition) is 0. The van der Waals surface area contributed by atoms with Gasteiger partial charge >= 0.3 is 0 Å². The van der Waals surface area contributed by atoms with E-state index in [1.165, 1.54) is 66.2 Å². The van der Waals surface area contributed by atoms with Gasteiger partial charge < -0.3 is 9.80 Å². The maximum absolute atomic E-state index is 3.36. The van der Waals surface area contributed by atoms with Crippen molar-refractivity contribution in [1.82, 2.24) is 0 Å². The Balaban J connectivity index is 0.000000963. The Morgan fingerprint density at radius 3 is 1.33 bits per heavy atom. The van der Waals surface area contributed by atoms with Gasteiger partial charge in [0.05, 0.1) is 0 Å². The lowest BCUT2D eigenvalue weighted by molar-refractivity contribution is 0.467. The summed E-state index contributed by atoms with van der Waals surface area (Å²) in [5.74, 6) is 0. The van der Waals surface area contributed by atoms with Crippen molar-refractivity contribution in [3.63, 3.8) is 0 Å². The molecule has 0 saturated heterocycles. The SMILES string of the molecule is C=CC.CC1(C)CCN(c2ccc3ccc4c(N5CCC(C)(C)c6ccccc65)ccc5ccc2c3c54)c2ccccc21. The Kier molecular flexibility index (Phi) is 6.50. The number of rotatable bonds is 2. The molecule has 0 amide bonds. The molecule has 0 unspecified atom stereocenters. The van der Waals surface area contributed by atoms with Crippen LogP contribution in [0, 0.1) is 0 Å². The first-order valence-electron chi connectivity index (χ1n) is 15.8. The first kappa shape index (κ1) is 27.5. The van der Waals surface area contributed by atoms with E-state index < -0.39 is 0 Å². The molecule has 2 aliphatic rings. The zero-order valence-electron chi connectivity index (χ0n) is 26.2. The highest BCUT2D eigenvalue weighted by Crippen LogP contribution is 2.49. The number of para-hydroxylation sites is 2. The van der Waals surface area contributed by atoms with Crippen molar-refractivity contribution in [2.45, 2.75) is 58.3 Å². The average Bonchev–Trinajstić information content (AvgIpc) is 3.01. The Hall–Kier alpha value is -4.30. The molecule has 0 spiro atoms. The highest BCUT2D eigenvalue weighted by atomic mass is 15.2. The Bertz CT molecular complexity index is 1840. The van der Waals surface area contributed by atoms with Gasteiger partial charge in [-0.1, -0.05) is 107 Å². The van der Waals surface area contributed by atoms with Crippen LogP contribution in [0.4, 0.5) is 22.7 Å². The zero-order chi connectivity index (χ0) is 29.9. The molecule has 0 aromatic heterocycles. The summed E-state index contributed by atoms with van der Waals surface area (Å²) in [6.45, 7) is 16.8. The fourth-order valence-corrected chi connectivity index (χ4v) is 7.60. The number of nitrogens with zero attached hydrogens (tertiary/aromatic N) is 2. The summed E-state index contributed by atoms with van der Waals surface area (Å²) in [6, 6.07) is 36.8. The zero-order valence-corrected chi connectivity index (χ0v) is 26.2. The van der Waals surface area contributed by atoms with Crippen LogP contribution < -0.4 is 9.80 Å². The van der Waals surface area contributed by atoms with E-state index in [0.29, 0.717) is 0 Å². The Labute approximate surface area is 256 Å². The smallest absolute Gasteiger partial charge is 0.0491 e. The minimum absolute atomic E-state index is 0.186. The van der Waals surface area contributed by atoms with E-state index in [0.717, 1.165) is 25.9 Å². The minimum atomic E-state index is 0.186. The first-order valence-corrected chi connectivity index (χ1v) is 15.8. The minimum Gasteiger partial charge on any atom is -0.341 e. The van der Waals surface area contributed by atoms with Crippen LogP contribution in [0.1, 0.15) is 58.6 Å². The van der Waals surface area contributed by atoms with Crippen LogP contribution in [-0.4, -0.2) is 13.1 Å². The van der Waals surface area contributed by atoms with Gasteiger partial charge in [-0.25, -0.2) is 0 Å². The highest BCUT2D eigenvalue weighted by molar-refractivity contribution is 6.27. The molecule has 0 fully saturated rings. The second-order valence-corrected chi connectivity index (χ2v) is 13.6. The molecular weight excluding hydrogens is 520 g/mol. The molecule has 2 heterocycles. The van der Waals surface area contributed by atoms with Crippen LogP contribution in [0.5, 0.6) is 0 Å². The number of anilines is 4. The predicted molar refractivity (Wildman–Crippen MR) is 188 cm³/mol. The number of hydrogen-bond acceptors (Lipinski definition) is 2. The second kappa shape index (κ2) is 10.2. The normalized spacial score (nSPS) is 17.0. The van der Waals surface area contributed by atoms with Crippen molar-refractivity contribution in [3.05, 3.63) is 121 Å². The third-order valence-corrected chi connectivity index (χ3v) is 9.97. The van der Waals surface area contributed by atoms with Gasteiger partial charge in [-0.3, -0.25) is 0 Å². The largest absolute Gasteiger partial charge is 0.341 e. The van der Waals surface area contributed by atoms with E-state index in [1.807, 2.05) is 6.92 Å². The van der Waals surface area contributed by atoms with E-state index in [-0.39, 0.29) is 10.8 Å². The Morgan fingerprint density at radius 2 is 0.907 bits per heavy atom. The Morgan fingerprint density at radius 1 is 0.535 bits per heavy atom. The monoisotopic (exact) mass is 562 g/mol. The lowest BCUT2D eigenvalue weighted by atomic mass is 9.77. The summed E-state index contributed by atoms with van der Waals surface area (Å²) in [5.41, 5.74) is 8.60. The van der Waals surface area contributed by atoms with Crippen molar-refractivity contribution < 1.29 is 0 Å². The van der Waals surface area contributed by atoms with Gasteiger partial charge in [-0.2, -0.15) is 0 Å². The molecule has 2 heteroatoms. The van der Waals surface area contributed by atoms with Crippen LogP contribution in [0.15, 0.2) is 110 Å². The lowest BCUT2D eigenvalue weighted by Gasteiger charge is -2.41. The molecular formula is C41H42N2. The van der Waals surface area contributed by atoms with Crippen LogP contribution in [0.2, 0.25) is 0 Å². The summed E-state index contributed by atoms with van der Waals surface area (Å²) in [6.07, 6.45) is 4.03. The van der Waals surface area contributed by atoms with E-state index in [2.05, 4.69) is 141 Å². The molecule has 2 aliphatic heterocycles. The quantitative estimate of drug-likeness (QED) is 0.153. The third-order valence-electron chi connectivity index (χ3n) is 9.97. The number of allylic oxidation sites excluding steroid dienone is 1. The first-order chi connectivity index (χ1) is 20.7. The third kappa shape index (κ3) is 4.30. The van der Waals surface area contributed by atoms with Crippen LogP contribution in [0.3, 0.4) is 0 Å². The van der Waals surface area contributed by atoms with Crippen molar-refractivity contribution in [2.24, 2.45) is 0 Å². The molecule has 6 aromatic rings. The molecule has 8 rings (SSSR count). The number of benzene rings is 6. The van der Waals surface area contributed by atoms with Crippen molar-refractivity contribution >= 4 is 55.1 Å². The van der Waals surface area contributed by atoms with Gasteiger partial charge in [0.25, 0.3) is 0 Å². The number of fused-ring (bicyclic) bond motifs is 2. The molecule has 2 nitrogen and oxygen atoms in total. The lowest BCUT2D eigenvalue weighted by Crippen LogP contribution is -2.34. The molecule has 216 valence electrons. The molecule has 0 radical (unpaired) electrons. The van der Waals surface area contributed by atoms with Gasteiger partial charge in [0.2, 0.25) is 0 Å². The maximum Gasteiger partial charge on any atom is 0.0491 e. The van der Waals surface area contributed by atoms with E-state index in [4.69, 9.17) is 0 Å². The average molecular weight is 563 g/mol. The molecule has 43 heavy (non-hydrogen) atoms. The fourth-order valence-electron chi connectivity index (χ4n) is 7.60. The van der Waals surface area contributed by atoms with E-state index >= 15 is 0 Å². The maximum atomic E-state index is 3.36. The summed E-state index contributed by atoms with van der Waals surface area (Å²) >= 11 is 0. The molecule has 0 saturated carbocycles. The summed E-state index contributed by atoms with van der Waals surface area (Å²) in [7, 11) is 0. The van der Waals surface area contributed by atoms with E-state index in [1.54, 1.807) is 6.08 Å².